The highest BCUT2D eigenvalue weighted by Crippen LogP contribution is 2.24. The Hall–Kier alpha value is -2.83. The molecule has 7 heteroatoms. The summed E-state index contributed by atoms with van der Waals surface area (Å²) in [4.78, 5) is 14.6. The molecule has 0 fully saturated rings. The molecule has 0 aromatic heterocycles. The molecule has 0 radical (unpaired) electrons. The molecule has 150 valence electrons. The summed E-state index contributed by atoms with van der Waals surface area (Å²) in [5, 5.41) is 0.616. The number of carbonyl (C=O) groups is 1. The molecule has 3 aromatic rings. The summed E-state index contributed by atoms with van der Waals surface area (Å²) < 4.78 is 27.3. The smallest absolute Gasteiger partial charge is 0.261 e. The van der Waals surface area contributed by atoms with Gasteiger partial charge in [0.15, 0.2) is 0 Å². The van der Waals surface area contributed by atoms with Gasteiger partial charge in [0.05, 0.1) is 10.9 Å². The Morgan fingerprint density at radius 3 is 2.24 bits per heavy atom. The van der Waals surface area contributed by atoms with Gasteiger partial charge in [-0.05, 0) is 61.0 Å². The first kappa shape index (κ1) is 20.9. The van der Waals surface area contributed by atoms with E-state index in [0.717, 1.165) is 5.56 Å². The number of anilines is 1. The summed E-state index contributed by atoms with van der Waals surface area (Å²) in [5.74, 6) is -0.171. The van der Waals surface area contributed by atoms with E-state index in [1.807, 2.05) is 25.1 Å². The molecule has 3 rings (SSSR count). The molecule has 0 bridgehead atoms. The fourth-order valence-corrected chi connectivity index (χ4v) is 4.14. The number of benzene rings is 3. The maximum absolute atomic E-state index is 12.8. The molecule has 0 heterocycles. The van der Waals surface area contributed by atoms with Crippen molar-refractivity contribution >= 4 is 33.2 Å². The molecule has 1 atom stereocenters. The third-order valence-corrected chi connectivity index (χ3v) is 6.30. The average molecular weight is 429 g/mol. The summed E-state index contributed by atoms with van der Waals surface area (Å²) in [5.41, 5.74) is 1.78. The number of nitrogens with zero attached hydrogens (tertiary/aromatic N) is 1. The van der Waals surface area contributed by atoms with Crippen LogP contribution in [0, 0.1) is 0 Å². The molecule has 1 unspecified atom stereocenters. The standard InChI is InChI=1S/C22H21ClN2O3S/c1-16(18-7-6-8-19(23)15-18)25(2)22(26)17-11-13-20(14-12-17)24-29(27,28)21-9-4-3-5-10-21/h3-16,24H,1-2H3. The highest BCUT2D eigenvalue weighted by molar-refractivity contribution is 7.92. The fraction of sp³-hybridized carbons (Fsp3) is 0.136. The van der Waals surface area contributed by atoms with Crippen molar-refractivity contribution in [2.45, 2.75) is 17.9 Å². The van der Waals surface area contributed by atoms with Crippen LogP contribution in [0.5, 0.6) is 0 Å². The largest absolute Gasteiger partial charge is 0.335 e. The van der Waals surface area contributed by atoms with Crippen molar-refractivity contribution in [2.24, 2.45) is 0 Å². The zero-order valence-electron chi connectivity index (χ0n) is 16.0. The van der Waals surface area contributed by atoms with Crippen molar-refractivity contribution in [1.82, 2.24) is 4.90 Å². The third kappa shape index (κ3) is 4.96. The molecule has 0 saturated heterocycles. The first-order valence-electron chi connectivity index (χ1n) is 8.98. The van der Waals surface area contributed by atoms with Crippen LogP contribution in [-0.4, -0.2) is 26.3 Å². The molecule has 5 nitrogen and oxygen atoms in total. The van der Waals surface area contributed by atoms with Crippen molar-refractivity contribution < 1.29 is 13.2 Å². The second-order valence-corrected chi connectivity index (χ2v) is 8.76. The lowest BCUT2D eigenvalue weighted by atomic mass is 10.1. The summed E-state index contributed by atoms with van der Waals surface area (Å²) in [7, 11) is -1.95. The zero-order valence-corrected chi connectivity index (χ0v) is 17.6. The predicted octanol–water partition coefficient (Wildman–Crippen LogP) is 4.97. The van der Waals surface area contributed by atoms with E-state index in [0.29, 0.717) is 16.3 Å². The summed E-state index contributed by atoms with van der Waals surface area (Å²) in [6.45, 7) is 1.92. The number of hydrogen-bond acceptors (Lipinski definition) is 3. The lowest BCUT2D eigenvalue weighted by Crippen LogP contribution is -2.29. The highest BCUT2D eigenvalue weighted by atomic mass is 35.5. The minimum absolute atomic E-state index is 0.169. The van der Waals surface area contributed by atoms with Gasteiger partial charge in [-0.1, -0.05) is 41.9 Å². The van der Waals surface area contributed by atoms with Gasteiger partial charge in [0.25, 0.3) is 15.9 Å². The Bertz CT molecular complexity index is 1100. The van der Waals surface area contributed by atoms with Gasteiger partial charge < -0.3 is 4.90 Å². The summed E-state index contributed by atoms with van der Waals surface area (Å²) in [6.07, 6.45) is 0. The van der Waals surface area contributed by atoms with Crippen LogP contribution >= 0.6 is 11.6 Å². The van der Waals surface area contributed by atoms with Crippen LogP contribution in [0.4, 0.5) is 5.69 Å². The molecular formula is C22H21ClN2O3S. The van der Waals surface area contributed by atoms with E-state index < -0.39 is 10.0 Å². The van der Waals surface area contributed by atoms with Crippen LogP contribution in [0.2, 0.25) is 5.02 Å². The van der Waals surface area contributed by atoms with E-state index in [1.165, 1.54) is 12.1 Å². The van der Waals surface area contributed by atoms with Crippen LogP contribution in [0.25, 0.3) is 0 Å². The van der Waals surface area contributed by atoms with Crippen LogP contribution < -0.4 is 4.72 Å². The van der Waals surface area contributed by atoms with Gasteiger partial charge in [0.2, 0.25) is 0 Å². The molecule has 0 aliphatic heterocycles. The maximum atomic E-state index is 12.8. The number of carbonyl (C=O) groups excluding carboxylic acids is 1. The molecule has 0 aliphatic rings. The average Bonchev–Trinajstić information content (AvgIpc) is 2.73. The van der Waals surface area contributed by atoms with E-state index in [-0.39, 0.29) is 16.8 Å². The number of halogens is 1. The van der Waals surface area contributed by atoms with E-state index in [2.05, 4.69) is 4.72 Å². The van der Waals surface area contributed by atoms with E-state index in [1.54, 1.807) is 60.5 Å². The fourth-order valence-electron chi connectivity index (χ4n) is 2.86. The molecular weight excluding hydrogens is 408 g/mol. The number of amides is 1. The molecule has 0 saturated carbocycles. The number of rotatable bonds is 6. The molecule has 1 amide bonds. The Labute approximate surface area is 176 Å². The first-order valence-corrected chi connectivity index (χ1v) is 10.8. The Morgan fingerprint density at radius 1 is 0.966 bits per heavy atom. The summed E-state index contributed by atoms with van der Waals surface area (Å²) >= 11 is 6.05. The molecule has 0 spiro atoms. The summed E-state index contributed by atoms with van der Waals surface area (Å²) in [6, 6.07) is 21.7. The van der Waals surface area contributed by atoms with Crippen molar-refractivity contribution in [2.75, 3.05) is 11.8 Å². The monoisotopic (exact) mass is 428 g/mol. The van der Waals surface area contributed by atoms with E-state index in [9.17, 15) is 13.2 Å². The van der Waals surface area contributed by atoms with Gasteiger partial charge in [0, 0.05) is 23.3 Å². The Balaban J connectivity index is 1.73. The minimum Gasteiger partial charge on any atom is -0.335 e. The van der Waals surface area contributed by atoms with E-state index >= 15 is 0 Å². The van der Waals surface area contributed by atoms with Crippen molar-refractivity contribution in [1.29, 1.82) is 0 Å². The number of hydrogen-bond donors (Lipinski definition) is 1. The predicted molar refractivity (Wildman–Crippen MR) is 116 cm³/mol. The van der Waals surface area contributed by atoms with Gasteiger partial charge in [-0.2, -0.15) is 0 Å². The molecule has 3 aromatic carbocycles. The second kappa shape index (κ2) is 8.68. The quantitative estimate of drug-likeness (QED) is 0.602. The Kier molecular flexibility index (Phi) is 6.25. The maximum Gasteiger partial charge on any atom is 0.261 e. The topological polar surface area (TPSA) is 66.5 Å². The lowest BCUT2D eigenvalue weighted by Gasteiger charge is -2.25. The highest BCUT2D eigenvalue weighted by Gasteiger charge is 2.20. The van der Waals surface area contributed by atoms with Gasteiger partial charge in [0.1, 0.15) is 0 Å². The van der Waals surface area contributed by atoms with Crippen LogP contribution in [0.15, 0.2) is 83.8 Å². The minimum atomic E-state index is -3.67. The first-order chi connectivity index (χ1) is 13.8. The van der Waals surface area contributed by atoms with Gasteiger partial charge >= 0.3 is 0 Å². The lowest BCUT2D eigenvalue weighted by molar-refractivity contribution is 0.0742. The van der Waals surface area contributed by atoms with Crippen LogP contribution in [0.3, 0.4) is 0 Å². The normalized spacial score (nSPS) is 12.2. The zero-order chi connectivity index (χ0) is 21.0. The van der Waals surface area contributed by atoms with Crippen molar-refractivity contribution in [3.8, 4) is 0 Å². The third-order valence-electron chi connectivity index (χ3n) is 4.67. The Morgan fingerprint density at radius 2 is 1.62 bits per heavy atom. The van der Waals surface area contributed by atoms with Crippen LogP contribution in [0.1, 0.15) is 28.9 Å². The molecule has 0 aliphatic carbocycles. The van der Waals surface area contributed by atoms with E-state index in [4.69, 9.17) is 11.6 Å². The van der Waals surface area contributed by atoms with Gasteiger partial charge in [-0.25, -0.2) is 8.42 Å². The second-order valence-electron chi connectivity index (χ2n) is 6.64. The molecule has 29 heavy (non-hydrogen) atoms. The van der Waals surface area contributed by atoms with Crippen molar-refractivity contribution in [3.63, 3.8) is 0 Å². The van der Waals surface area contributed by atoms with Gasteiger partial charge in [-0.15, -0.1) is 0 Å². The van der Waals surface area contributed by atoms with Crippen LogP contribution in [-0.2, 0) is 10.0 Å². The number of nitrogens with one attached hydrogen (secondary N) is 1. The van der Waals surface area contributed by atoms with Crippen molar-refractivity contribution in [3.05, 3.63) is 95.0 Å². The number of sulfonamides is 1. The molecule has 1 N–H and O–H groups in total. The van der Waals surface area contributed by atoms with Gasteiger partial charge in [-0.3, -0.25) is 9.52 Å². The SMILES string of the molecule is CC(c1cccc(Cl)c1)N(C)C(=O)c1ccc(NS(=O)(=O)c2ccccc2)cc1.